The lowest BCUT2D eigenvalue weighted by atomic mass is 10.2. The first-order valence-electron chi connectivity index (χ1n) is 5.86. The second-order valence-corrected chi connectivity index (χ2v) is 5.94. The van der Waals surface area contributed by atoms with E-state index in [1.165, 1.54) is 11.3 Å². The summed E-state index contributed by atoms with van der Waals surface area (Å²) in [7, 11) is 1.74. The number of aryl methyl sites for hydroxylation is 2. The van der Waals surface area contributed by atoms with Crippen molar-refractivity contribution < 1.29 is 9.90 Å². The van der Waals surface area contributed by atoms with Crippen LogP contribution in [0.5, 0.6) is 0 Å². The minimum atomic E-state index is -0.377. The Morgan fingerprint density at radius 2 is 2.24 bits per heavy atom. The molecule has 1 aliphatic carbocycles. The second-order valence-electron chi connectivity index (χ2n) is 4.74. The molecule has 0 aromatic carbocycles. The first-order chi connectivity index (χ1) is 7.99. The number of hydrogen-bond acceptors (Lipinski definition) is 4. The standard InChI is InChI=1S/C12H18N2O2S/c1-7-11(17-8(2)13-7)12(16)14(3)6-10(15)9-4-5-9/h9-10,15H,4-6H2,1-3H3. The number of likely N-dealkylation sites (N-methyl/N-ethyl adjacent to an activating group) is 1. The van der Waals surface area contributed by atoms with Crippen molar-refractivity contribution in [1.82, 2.24) is 9.88 Å². The normalized spacial score (nSPS) is 16.9. The van der Waals surface area contributed by atoms with E-state index in [-0.39, 0.29) is 12.0 Å². The quantitative estimate of drug-likeness (QED) is 0.888. The molecule has 2 rings (SSSR count). The fourth-order valence-electron chi connectivity index (χ4n) is 1.90. The van der Waals surface area contributed by atoms with Gasteiger partial charge in [-0.1, -0.05) is 0 Å². The number of carbonyl (C=O) groups excluding carboxylic acids is 1. The zero-order valence-corrected chi connectivity index (χ0v) is 11.3. The molecule has 1 aromatic heterocycles. The van der Waals surface area contributed by atoms with Crippen molar-refractivity contribution in [3.63, 3.8) is 0 Å². The first kappa shape index (κ1) is 12.5. The smallest absolute Gasteiger partial charge is 0.265 e. The van der Waals surface area contributed by atoms with E-state index in [0.29, 0.717) is 17.3 Å². The van der Waals surface area contributed by atoms with Crippen LogP contribution < -0.4 is 0 Å². The van der Waals surface area contributed by atoms with Crippen LogP contribution in [0.2, 0.25) is 0 Å². The van der Waals surface area contributed by atoms with Crippen LogP contribution in [0.4, 0.5) is 0 Å². The zero-order valence-electron chi connectivity index (χ0n) is 10.4. The molecule has 1 saturated carbocycles. The maximum absolute atomic E-state index is 12.1. The molecule has 1 aromatic rings. The molecule has 0 spiro atoms. The van der Waals surface area contributed by atoms with Crippen LogP contribution in [0.25, 0.3) is 0 Å². The highest BCUT2D eigenvalue weighted by Gasteiger charge is 2.31. The Balaban J connectivity index is 2.01. The van der Waals surface area contributed by atoms with Gasteiger partial charge in [0.25, 0.3) is 5.91 Å². The number of thiazole rings is 1. The number of carbonyl (C=O) groups is 1. The van der Waals surface area contributed by atoms with Gasteiger partial charge < -0.3 is 10.0 Å². The van der Waals surface area contributed by atoms with E-state index in [9.17, 15) is 9.90 Å². The maximum atomic E-state index is 12.1. The summed E-state index contributed by atoms with van der Waals surface area (Å²) in [5, 5.41) is 10.7. The lowest BCUT2D eigenvalue weighted by molar-refractivity contribution is 0.0649. The fourth-order valence-corrected chi connectivity index (χ4v) is 2.81. The summed E-state index contributed by atoms with van der Waals surface area (Å²) >= 11 is 1.42. The van der Waals surface area contributed by atoms with Gasteiger partial charge in [-0.25, -0.2) is 4.98 Å². The van der Waals surface area contributed by atoms with Gasteiger partial charge in [-0.05, 0) is 32.6 Å². The van der Waals surface area contributed by atoms with Crippen molar-refractivity contribution in [2.24, 2.45) is 5.92 Å². The van der Waals surface area contributed by atoms with E-state index < -0.39 is 0 Å². The molecule has 0 radical (unpaired) electrons. The molecule has 1 aliphatic rings. The summed E-state index contributed by atoms with van der Waals surface area (Å²) in [5.41, 5.74) is 0.783. The second kappa shape index (κ2) is 4.74. The van der Waals surface area contributed by atoms with Crippen LogP contribution in [0.3, 0.4) is 0 Å². The van der Waals surface area contributed by atoms with E-state index in [2.05, 4.69) is 4.98 Å². The maximum Gasteiger partial charge on any atom is 0.265 e. The van der Waals surface area contributed by atoms with E-state index in [1.807, 2.05) is 13.8 Å². The van der Waals surface area contributed by atoms with Crippen molar-refractivity contribution in [2.75, 3.05) is 13.6 Å². The summed E-state index contributed by atoms with van der Waals surface area (Å²) < 4.78 is 0. The zero-order chi connectivity index (χ0) is 12.6. The van der Waals surface area contributed by atoms with E-state index >= 15 is 0 Å². The van der Waals surface area contributed by atoms with Crippen molar-refractivity contribution >= 4 is 17.2 Å². The third kappa shape index (κ3) is 2.84. The molecule has 94 valence electrons. The SMILES string of the molecule is Cc1nc(C)c(C(=O)N(C)CC(O)C2CC2)s1. The first-order valence-corrected chi connectivity index (χ1v) is 6.68. The molecule has 5 heteroatoms. The van der Waals surface area contributed by atoms with Gasteiger partial charge in [0, 0.05) is 13.6 Å². The number of nitrogens with zero attached hydrogens (tertiary/aromatic N) is 2. The number of aliphatic hydroxyl groups excluding tert-OH is 1. The van der Waals surface area contributed by atoms with Crippen molar-refractivity contribution in [1.29, 1.82) is 0 Å². The average molecular weight is 254 g/mol. The summed E-state index contributed by atoms with van der Waals surface area (Å²) in [6.45, 7) is 4.16. The number of aromatic nitrogens is 1. The molecule has 4 nitrogen and oxygen atoms in total. The topological polar surface area (TPSA) is 53.4 Å². The van der Waals surface area contributed by atoms with Gasteiger partial charge in [0.15, 0.2) is 0 Å². The van der Waals surface area contributed by atoms with Gasteiger partial charge in [0.1, 0.15) is 4.88 Å². The summed E-state index contributed by atoms with van der Waals surface area (Å²) in [6.07, 6.45) is 1.79. The minimum Gasteiger partial charge on any atom is -0.391 e. The molecule has 1 amide bonds. The van der Waals surface area contributed by atoms with Crippen LogP contribution in [0.1, 0.15) is 33.2 Å². The van der Waals surface area contributed by atoms with Gasteiger partial charge in [-0.3, -0.25) is 4.79 Å². The van der Waals surface area contributed by atoms with Gasteiger partial charge >= 0.3 is 0 Å². The minimum absolute atomic E-state index is 0.0344. The van der Waals surface area contributed by atoms with Crippen LogP contribution in [0, 0.1) is 19.8 Å². The van der Waals surface area contributed by atoms with Crippen LogP contribution in [-0.4, -0.2) is 40.6 Å². The molecule has 17 heavy (non-hydrogen) atoms. The molecular formula is C12H18N2O2S. The molecule has 0 bridgehead atoms. The highest BCUT2D eigenvalue weighted by Crippen LogP contribution is 2.33. The third-order valence-electron chi connectivity index (χ3n) is 3.07. The summed E-state index contributed by atoms with van der Waals surface area (Å²) in [5.74, 6) is 0.363. The molecule has 0 saturated heterocycles. The summed E-state index contributed by atoms with van der Waals surface area (Å²) in [6, 6.07) is 0. The van der Waals surface area contributed by atoms with Gasteiger partial charge in [-0.15, -0.1) is 11.3 Å². The van der Waals surface area contributed by atoms with Crippen LogP contribution in [0.15, 0.2) is 0 Å². The largest absolute Gasteiger partial charge is 0.391 e. The van der Waals surface area contributed by atoms with Gasteiger partial charge in [0.05, 0.1) is 16.8 Å². The van der Waals surface area contributed by atoms with Gasteiger partial charge in [0.2, 0.25) is 0 Å². The number of aliphatic hydroxyl groups is 1. The average Bonchev–Trinajstić information content (AvgIpc) is 3.04. The molecule has 1 heterocycles. The van der Waals surface area contributed by atoms with E-state index in [0.717, 1.165) is 23.5 Å². The van der Waals surface area contributed by atoms with Crippen LogP contribution >= 0.6 is 11.3 Å². The van der Waals surface area contributed by atoms with E-state index in [4.69, 9.17) is 0 Å². The Morgan fingerprint density at radius 3 is 2.71 bits per heavy atom. The summed E-state index contributed by atoms with van der Waals surface area (Å²) in [4.78, 5) is 18.7. The van der Waals surface area contributed by atoms with Crippen molar-refractivity contribution in [3.05, 3.63) is 15.6 Å². The molecular weight excluding hydrogens is 236 g/mol. The third-order valence-corrected chi connectivity index (χ3v) is 4.13. The highest BCUT2D eigenvalue weighted by atomic mass is 32.1. The molecule has 0 aliphatic heterocycles. The predicted octanol–water partition coefficient (Wildman–Crippen LogP) is 1.60. The van der Waals surface area contributed by atoms with Crippen LogP contribution in [-0.2, 0) is 0 Å². The Hall–Kier alpha value is -0.940. The van der Waals surface area contributed by atoms with Gasteiger partial charge in [-0.2, -0.15) is 0 Å². The Kier molecular flexibility index (Phi) is 3.49. The Labute approximate surface area is 105 Å². The molecule has 1 N–H and O–H groups in total. The number of amides is 1. The Morgan fingerprint density at radius 1 is 1.59 bits per heavy atom. The molecule has 1 fully saturated rings. The fraction of sp³-hybridized carbons (Fsp3) is 0.667. The Bertz CT molecular complexity index is 426. The lowest BCUT2D eigenvalue weighted by Gasteiger charge is -2.20. The highest BCUT2D eigenvalue weighted by molar-refractivity contribution is 7.13. The lowest BCUT2D eigenvalue weighted by Crippen LogP contribution is -2.35. The monoisotopic (exact) mass is 254 g/mol. The van der Waals surface area contributed by atoms with Crippen molar-refractivity contribution in [2.45, 2.75) is 32.8 Å². The van der Waals surface area contributed by atoms with E-state index in [1.54, 1.807) is 11.9 Å². The van der Waals surface area contributed by atoms with Crippen molar-refractivity contribution in [3.8, 4) is 0 Å². The number of hydrogen-bond donors (Lipinski definition) is 1. The molecule has 1 unspecified atom stereocenters. The molecule has 1 atom stereocenters. The predicted molar refractivity (Wildman–Crippen MR) is 67.3 cm³/mol. The number of rotatable bonds is 4.